The summed E-state index contributed by atoms with van der Waals surface area (Å²) in [6.07, 6.45) is 4.73. The molecule has 4 rings (SSSR count). The van der Waals surface area contributed by atoms with Gasteiger partial charge in [-0.3, -0.25) is 9.59 Å². The van der Waals surface area contributed by atoms with E-state index in [-0.39, 0.29) is 23.7 Å². The van der Waals surface area contributed by atoms with E-state index in [1.165, 1.54) is 0 Å². The molecule has 2 aromatic carbocycles. The summed E-state index contributed by atoms with van der Waals surface area (Å²) in [7, 11) is 0. The molecular formula is C26H33N3O3. The highest BCUT2D eigenvalue weighted by Crippen LogP contribution is 2.29. The average Bonchev–Trinajstić information content (AvgIpc) is 3.28. The quantitative estimate of drug-likeness (QED) is 0.655. The third-order valence-corrected chi connectivity index (χ3v) is 6.42. The second-order valence-corrected chi connectivity index (χ2v) is 8.96. The Morgan fingerprint density at radius 2 is 1.69 bits per heavy atom. The van der Waals surface area contributed by atoms with E-state index in [1.807, 2.05) is 42.5 Å². The standard InChI is InChI=1S/C26H33N3O3/c1-19(30)17-27-22-15-16-29(18-22)23-11-9-21(10-12-23)28-26(31)20-7-13-25(14-8-20)32-24-5-3-2-4-6-24/h2-6,9-12,20,22,25,27H,7-8,13-18H2,1H3,(H,28,31). The highest BCUT2D eigenvalue weighted by molar-refractivity contribution is 5.92. The zero-order chi connectivity index (χ0) is 22.3. The number of ether oxygens (including phenoxy) is 1. The lowest BCUT2D eigenvalue weighted by Gasteiger charge is -2.28. The fraction of sp³-hybridized carbons (Fsp3) is 0.462. The Hall–Kier alpha value is -2.86. The Morgan fingerprint density at radius 3 is 2.38 bits per heavy atom. The first-order valence-electron chi connectivity index (χ1n) is 11.7. The molecule has 1 saturated heterocycles. The number of nitrogens with one attached hydrogen (secondary N) is 2. The number of amides is 1. The average molecular weight is 436 g/mol. The minimum Gasteiger partial charge on any atom is -0.490 e. The van der Waals surface area contributed by atoms with Crippen LogP contribution in [0.4, 0.5) is 11.4 Å². The van der Waals surface area contributed by atoms with Crippen LogP contribution in [0.1, 0.15) is 39.0 Å². The number of para-hydroxylation sites is 1. The molecule has 2 fully saturated rings. The minimum absolute atomic E-state index is 0.0389. The van der Waals surface area contributed by atoms with Gasteiger partial charge in [0, 0.05) is 36.4 Å². The second-order valence-electron chi connectivity index (χ2n) is 8.96. The molecule has 1 saturated carbocycles. The first kappa shape index (κ1) is 22.3. The Labute approximate surface area is 190 Å². The summed E-state index contributed by atoms with van der Waals surface area (Å²) in [5, 5.41) is 6.40. The van der Waals surface area contributed by atoms with Gasteiger partial charge in [0.2, 0.25) is 5.91 Å². The molecule has 1 atom stereocenters. The van der Waals surface area contributed by atoms with Crippen molar-refractivity contribution in [1.29, 1.82) is 0 Å². The summed E-state index contributed by atoms with van der Waals surface area (Å²) in [4.78, 5) is 26.2. The fourth-order valence-corrected chi connectivity index (χ4v) is 4.58. The molecular weight excluding hydrogens is 402 g/mol. The van der Waals surface area contributed by atoms with Crippen LogP contribution in [0.25, 0.3) is 0 Å². The van der Waals surface area contributed by atoms with Crippen LogP contribution in [0, 0.1) is 5.92 Å². The van der Waals surface area contributed by atoms with Gasteiger partial charge in [-0.25, -0.2) is 0 Å². The number of anilines is 2. The summed E-state index contributed by atoms with van der Waals surface area (Å²) in [6.45, 7) is 3.91. The van der Waals surface area contributed by atoms with Gasteiger partial charge in [0.05, 0.1) is 12.6 Å². The first-order chi connectivity index (χ1) is 15.6. The Morgan fingerprint density at radius 1 is 0.969 bits per heavy atom. The molecule has 0 spiro atoms. The van der Waals surface area contributed by atoms with Crippen LogP contribution in [0.5, 0.6) is 5.75 Å². The smallest absolute Gasteiger partial charge is 0.227 e. The highest BCUT2D eigenvalue weighted by atomic mass is 16.5. The Balaban J connectivity index is 1.22. The normalized spacial score (nSPS) is 23.0. The maximum atomic E-state index is 12.7. The van der Waals surface area contributed by atoms with Crippen LogP contribution in [-0.4, -0.2) is 43.5 Å². The van der Waals surface area contributed by atoms with Gasteiger partial charge < -0.3 is 20.3 Å². The van der Waals surface area contributed by atoms with Crippen LogP contribution in [0.15, 0.2) is 54.6 Å². The van der Waals surface area contributed by atoms with Gasteiger partial charge in [-0.05, 0) is 75.4 Å². The van der Waals surface area contributed by atoms with Crippen molar-refractivity contribution in [3.8, 4) is 5.75 Å². The number of carbonyl (C=O) groups is 2. The summed E-state index contributed by atoms with van der Waals surface area (Å²) >= 11 is 0. The monoisotopic (exact) mass is 435 g/mol. The molecule has 32 heavy (non-hydrogen) atoms. The molecule has 1 amide bonds. The number of hydrogen-bond donors (Lipinski definition) is 2. The van der Waals surface area contributed by atoms with Gasteiger partial charge in [-0.1, -0.05) is 18.2 Å². The van der Waals surface area contributed by atoms with Crippen LogP contribution < -0.4 is 20.3 Å². The van der Waals surface area contributed by atoms with Gasteiger partial charge in [0.15, 0.2) is 0 Å². The van der Waals surface area contributed by atoms with E-state index in [9.17, 15) is 9.59 Å². The summed E-state index contributed by atoms with van der Waals surface area (Å²) in [5.74, 6) is 1.21. The van der Waals surface area contributed by atoms with E-state index >= 15 is 0 Å². The minimum atomic E-state index is 0.0389. The van der Waals surface area contributed by atoms with E-state index in [4.69, 9.17) is 4.74 Å². The fourth-order valence-electron chi connectivity index (χ4n) is 4.58. The molecule has 0 aromatic heterocycles. The lowest BCUT2D eigenvalue weighted by molar-refractivity contribution is -0.121. The van der Waals surface area contributed by atoms with Gasteiger partial charge >= 0.3 is 0 Å². The summed E-state index contributed by atoms with van der Waals surface area (Å²) in [6, 6.07) is 18.3. The molecule has 1 heterocycles. The number of benzene rings is 2. The van der Waals surface area contributed by atoms with Crippen molar-refractivity contribution in [2.45, 2.75) is 51.2 Å². The van der Waals surface area contributed by atoms with Crippen LogP contribution in [0.3, 0.4) is 0 Å². The largest absolute Gasteiger partial charge is 0.490 e. The molecule has 0 radical (unpaired) electrons. The molecule has 1 unspecified atom stereocenters. The number of rotatable bonds is 8. The first-order valence-corrected chi connectivity index (χ1v) is 11.7. The Bertz CT molecular complexity index is 892. The van der Waals surface area contributed by atoms with Gasteiger partial charge in [-0.2, -0.15) is 0 Å². The van der Waals surface area contributed by atoms with Crippen molar-refractivity contribution >= 4 is 23.1 Å². The van der Waals surface area contributed by atoms with Crippen LogP contribution in [-0.2, 0) is 9.59 Å². The van der Waals surface area contributed by atoms with Crippen molar-refractivity contribution in [2.75, 3.05) is 29.9 Å². The van der Waals surface area contributed by atoms with Crippen molar-refractivity contribution in [3.05, 3.63) is 54.6 Å². The number of Topliss-reactive ketones (excluding diaryl/α,β-unsaturated/α-hetero) is 1. The van der Waals surface area contributed by atoms with Crippen molar-refractivity contribution in [1.82, 2.24) is 5.32 Å². The van der Waals surface area contributed by atoms with Crippen LogP contribution >= 0.6 is 0 Å². The highest BCUT2D eigenvalue weighted by Gasteiger charge is 2.27. The lowest BCUT2D eigenvalue weighted by Crippen LogP contribution is -2.35. The third-order valence-electron chi connectivity index (χ3n) is 6.42. The van der Waals surface area contributed by atoms with E-state index in [2.05, 4.69) is 27.7 Å². The predicted octanol–water partition coefficient (Wildman–Crippen LogP) is 4.02. The Kier molecular flexibility index (Phi) is 7.43. The van der Waals surface area contributed by atoms with E-state index in [0.717, 1.165) is 62.3 Å². The van der Waals surface area contributed by atoms with Gasteiger partial charge in [0.1, 0.15) is 11.5 Å². The van der Waals surface area contributed by atoms with Crippen molar-refractivity contribution < 1.29 is 14.3 Å². The van der Waals surface area contributed by atoms with Gasteiger partial charge in [-0.15, -0.1) is 0 Å². The molecule has 170 valence electrons. The number of carbonyl (C=O) groups excluding carboxylic acids is 2. The molecule has 1 aliphatic heterocycles. The summed E-state index contributed by atoms with van der Waals surface area (Å²) in [5.41, 5.74) is 1.99. The topological polar surface area (TPSA) is 70.7 Å². The third kappa shape index (κ3) is 6.10. The zero-order valence-corrected chi connectivity index (χ0v) is 18.8. The molecule has 6 heteroatoms. The molecule has 1 aliphatic carbocycles. The van der Waals surface area contributed by atoms with E-state index in [0.29, 0.717) is 12.6 Å². The number of ketones is 1. The molecule has 0 bridgehead atoms. The maximum absolute atomic E-state index is 12.7. The van der Waals surface area contributed by atoms with E-state index in [1.54, 1.807) is 6.92 Å². The SMILES string of the molecule is CC(=O)CNC1CCN(c2ccc(NC(=O)C3CCC(Oc4ccccc4)CC3)cc2)C1. The van der Waals surface area contributed by atoms with E-state index < -0.39 is 0 Å². The molecule has 6 nitrogen and oxygen atoms in total. The van der Waals surface area contributed by atoms with Crippen molar-refractivity contribution in [3.63, 3.8) is 0 Å². The lowest BCUT2D eigenvalue weighted by atomic mass is 9.86. The molecule has 2 aliphatic rings. The number of nitrogens with zero attached hydrogens (tertiary/aromatic N) is 1. The predicted molar refractivity (Wildman–Crippen MR) is 127 cm³/mol. The van der Waals surface area contributed by atoms with Crippen LogP contribution in [0.2, 0.25) is 0 Å². The molecule has 2 N–H and O–H groups in total. The maximum Gasteiger partial charge on any atom is 0.227 e. The zero-order valence-electron chi connectivity index (χ0n) is 18.8. The van der Waals surface area contributed by atoms with Gasteiger partial charge in [0.25, 0.3) is 0 Å². The number of hydrogen-bond acceptors (Lipinski definition) is 5. The van der Waals surface area contributed by atoms with Crippen molar-refractivity contribution in [2.24, 2.45) is 5.92 Å². The molecule has 2 aromatic rings. The second kappa shape index (κ2) is 10.6. The summed E-state index contributed by atoms with van der Waals surface area (Å²) < 4.78 is 6.04.